The van der Waals surface area contributed by atoms with Gasteiger partial charge in [0.25, 0.3) is 0 Å². The Morgan fingerprint density at radius 3 is 2.42 bits per heavy atom. The van der Waals surface area contributed by atoms with Crippen LogP contribution in [0.5, 0.6) is 0 Å². The molecule has 6 heteroatoms. The number of carbonyl (C=O) groups excluding carboxylic acids is 1. The van der Waals surface area contributed by atoms with Crippen molar-refractivity contribution in [2.45, 2.75) is 32.2 Å². The lowest BCUT2D eigenvalue weighted by atomic mass is 10.0. The number of amides is 1. The summed E-state index contributed by atoms with van der Waals surface area (Å²) >= 11 is 11.7. The number of aliphatic carboxylic acids is 1. The maximum atomic E-state index is 11.7. The van der Waals surface area contributed by atoms with Crippen molar-refractivity contribution in [1.82, 2.24) is 5.32 Å². The molecule has 0 unspecified atom stereocenters. The fourth-order valence-electron chi connectivity index (χ4n) is 1.42. The van der Waals surface area contributed by atoms with Crippen molar-refractivity contribution in [2.75, 3.05) is 0 Å². The highest BCUT2D eigenvalue weighted by Crippen LogP contribution is 2.23. The van der Waals surface area contributed by atoms with E-state index in [9.17, 15) is 9.59 Å². The van der Waals surface area contributed by atoms with Crippen molar-refractivity contribution < 1.29 is 14.7 Å². The Morgan fingerprint density at radius 2 is 1.89 bits per heavy atom. The third-order valence-electron chi connectivity index (χ3n) is 2.61. The first-order valence-electron chi connectivity index (χ1n) is 5.70. The van der Waals surface area contributed by atoms with Crippen LogP contribution in [0.25, 0.3) is 0 Å². The number of hydrogen-bond acceptors (Lipinski definition) is 2. The summed E-state index contributed by atoms with van der Waals surface area (Å²) < 4.78 is 0. The van der Waals surface area contributed by atoms with E-state index in [2.05, 4.69) is 5.32 Å². The van der Waals surface area contributed by atoms with Gasteiger partial charge >= 0.3 is 5.97 Å². The zero-order chi connectivity index (χ0) is 14.6. The molecular formula is C13H15Cl2NO3. The Hall–Kier alpha value is -1.26. The number of carbonyl (C=O) groups is 2. The lowest BCUT2D eigenvalue weighted by molar-refractivity contribution is -0.146. The van der Waals surface area contributed by atoms with Gasteiger partial charge in [0, 0.05) is 6.42 Å². The van der Waals surface area contributed by atoms with Gasteiger partial charge in [-0.05, 0) is 38.0 Å². The van der Waals surface area contributed by atoms with E-state index in [0.717, 1.165) is 5.56 Å². The van der Waals surface area contributed by atoms with Gasteiger partial charge in [0.1, 0.15) is 5.54 Å². The van der Waals surface area contributed by atoms with E-state index in [1.165, 1.54) is 13.8 Å². The van der Waals surface area contributed by atoms with Crippen LogP contribution in [0.4, 0.5) is 0 Å². The van der Waals surface area contributed by atoms with Crippen LogP contribution in [0.2, 0.25) is 10.0 Å². The molecule has 0 heterocycles. The van der Waals surface area contributed by atoms with Crippen LogP contribution >= 0.6 is 23.2 Å². The molecule has 1 aromatic carbocycles. The van der Waals surface area contributed by atoms with E-state index in [-0.39, 0.29) is 12.3 Å². The third-order valence-corrected chi connectivity index (χ3v) is 3.35. The van der Waals surface area contributed by atoms with Crippen LogP contribution in [-0.2, 0) is 16.0 Å². The molecule has 0 fully saturated rings. The molecule has 0 spiro atoms. The molecule has 0 saturated heterocycles. The molecule has 0 aromatic heterocycles. The maximum Gasteiger partial charge on any atom is 0.328 e. The molecule has 4 nitrogen and oxygen atoms in total. The minimum Gasteiger partial charge on any atom is -0.480 e. The zero-order valence-electron chi connectivity index (χ0n) is 10.7. The number of rotatable bonds is 5. The van der Waals surface area contributed by atoms with Gasteiger partial charge < -0.3 is 10.4 Å². The fraction of sp³-hybridized carbons (Fsp3) is 0.385. The predicted molar refractivity (Wildman–Crippen MR) is 74.6 cm³/mol. The molecule has 0 aliphatic rings. The highest BCUT2D eigenvalue weighted by Gasteiger charge is 2.28. The van der Waals surface area contributed by atoms with Gasteiger partial charge in [0.2, 0.25) is 5.91 Å². The molecule has 2 N–H and O–H groups in total. The Labute approximate surface area is 121 Å². The smallest absolute Gasteiger partial charge is 0.328 e. The van der Waals surface area contributed by atoms with Gasteiger partial charge in [-0.2, -0.15) is 0 Å². The molecule has 19 heavy (non-hydrogen) atoms. The number of halogens is 2. The Morgan fingerprint density at radius 1 is 1.26 bits per heavy atom. The van der Waals surface area contributed by atoms with Crippen LogP contribution < -0.4 is 5.32 Å². The molecular weight excluding hydrogens is 289 g/mol. The number of hydrogen-bond donors (Lipinski definition) is 2. The Kier molecular flexibility index (Phi) is 5.20. The van der Waals surface area contributed by atoms with E-state index < -0.39 is 11.5 Å². The van der Waals surface area contributed by atoms with Crippen molar-refractivity contribution in [1.29, 1.82) is 0 Å². The molecule has 0 bridgehead atoms. The molecule has 0 aliphatic heterocycles. The first-order valence-corrected chi connectivity index (χ1v) is 6.46. The SMILES string of the molecule is CC(C)(NC(=O)CCc1ccc(Cl)c(Cl)c1)C(=O)O. The van der Waals surface area contributed by atoms with Crippen molar-refractivity contribution in [3.63, 3.8) is 0 Å². The number of carboxylic acids is 1. The fourth-order valence-corrected chi connectivity index (χ4v) is 1.74. The van der Waals surface area contributed by atoms with Crippen molar-refractivity contribution >= 4 is 35.1 Å². The second-order valence-electron chi connectivity index (χ2n) is 4.73. The van der Waals surface area contributed by atoms with Crippen molar-refractivity contribution in [2.24, 2.45) is 0 Å². The van der Waals surface area contributed by atoms with Crippen LogP contribution in [0.15, 0.2) is 18.2 Å². The van der Waals surface area contributed by atoms with Crippen LogP contribution in [0.1, 0.15) is 25.8 Å². The first kappa shape index (κ1) is 15.8. The zero-order valence-corrected chi connectivity index (χ0v) is 12.2. The molecule has 1 rings (SSSR count). The highest BCUT2D eigenvalue weighted by atomic mass is 35.5. The van der Waals surface area contributed by atoms with E-state index in [4.69, 9.17) is 28.3 Å². The summed E-state index contributed by atoms with van der Waals surface area (Å²) in [6.45, 7) is 2.87. The minimum absolute atomic E-state index is 0.189. The van der Waals surface area contributed by atoms with Gasteiger partial charge in [-0.1, -0.05) is 29.3 Å². The predicted octanol–water partition coefficient (Wildman–Crippen LogP) is 2.91. The van der Waals surface area contributed by atoms with Crippen molar-refractivity contribution in [3.8, 4) is 0 Å². The highest BCUT2D eigenvalue weighted by molar-refractivity contribution is 6.42. The molecule has 104 valence electrons. The normalized spacial score (nSPS) is 11.2. The summed E-state index contributed by atoms with van der Waals surface area (Å²) in [5.41, 5.74) is -0.396. The van der Waals surface area contributed by atoms with Crippen molar-refractivity contribution in [3.05, 3.63) is 33.8 Å². The van der Waals surface area contributed by atoms with Crippen LogP contribution in [-0.4, -0.2) is 22.5 Å². The third kappa shape index (κ3) is 4.73. The van der Waals surface area contributed by atoms with Gasteiger partial charge in [-0.3, -0.25) is 4.79 Å². The molecule has 0 radical (unpaired) electrons. The topological polar surface area (TPSA) is 66.4 Å². The first-order chi connectivity index (χ1) is 8.72. The lowest BCUT2D eigenvalue weighted by Crippen LogP contribution is -2.49. The average Bonchev–Trinajstić information content (AvgIpc) is 2.30. The number of nitrogens with one attached hydrogen (secondary N) is 1. The lowest BCUT2D eigenvalue weighted by Gasteiger charge is -2.20. The Bertz CT molecular complexity index is 501. The molecule has 0 saturated carbocycles. The largest absolute Gasteiger partial charge is 0.480 e. The van der Waals surface area contributed by atoms with E-state index >= 15 is 0 Å². The summed E-state index contributed by atoms with van der Waals surface area (Å²) in [7, 11) is 0. The molecule has 0 aliphatic carbocycles. The van der Waals surface area contributed by atoms with E-state index in [0.29, 0.717) is 16.5 Å². The molecule has 1 aromatic rings. The van der Waals surface area contributed by atoms with E-state index in [1.54, 1.807) is 18.2 Å². The molecule has 0 atom stereocenters. The number of carboxylic acid groups (broad SMARTS) is 1. The van der Waals surface area contributed by atoms with Gasteiger partial charge in [0.15, 0.2) is 0 Å². The van der Waals surface area contributed by atoms with E-state index in [1.807, 2.05) is 0 Å². The molecule has 1 amide bonds. The summed E-state index contributed by atoms with van der Waals surface area (Å²) in [5.74, 6) is -1.39. The van der Waals surface area contributed by atoms with Gasteiger partial charge in [0.05, 0.1) is 10.0 Å². The summed E-state index contributed by atoms with van der Waals surface area (Å²) in [6, 6.07) is 5.14. The standard InChI is InChI=1S/C13H15Cl2NO3/c1-13(2,12(18)19)16-11(17)6-4-8-3-5-9(14)10(15)7-8/h3,5,7H,4,6H2,1-2H3,(H,16,17)(H,18,19). The summed E-state index contributed by atoms with van der Waals surface area (Å²) in [4.78, 5) is 22.5. The quantitative estimate of drug-likeness (QED) is 0.879. The second kappa shape index (κ2) is 6.26. The number of benzene rings is 1. The minimum atomic E-state index is -1.27. The van der Waals surface area contributed by atoms with Crippen LogP contribution in [0.3, 0.4) is 0 Å². The summed E-state index contributed by atoms with van der Waals surface area (Å²) in [5, 5.41) is 12.2. The second-order valence-corrected chi connectivity index (χ2v) is 5.54. The Balaban J connectivity index is 2.55. The average molecular weight is 304 g/mol. The summed E-state index contributed by atoms with van der Waals surface area (Å²) in [6.07, 6.45) is 0.660. The monoisotopic (exact) mass is 303 g/mol. The van der Waals surface area contributed by atoms with Gasteiger partial charge in [-0.15, -0.1) is 0 Å². The van der Waals surface area contributed by atoms with Crippen LogP contribution in [0, 0.1) is 0 Å². The van der Waals surface area contributed by atoms with Gasteiger partial charge in [-0.25, -0.2) is 4.79 Å². The maximum absolute atomic E-state index is 11.7. The number of aryl methyl sites for hydroxylation is 1.